The van der Waals surface area contributed by atoms with Crippen molar-refractivity contribution in [2.75, 3.05) is 11.4 Å². The Morgan fingerprint density at radius 1 is 1.18 bits per heavy atom. The van der Waals surface area contributed by atoms with E-state index in [0.717, 1.165) is 46.5 Å². The molecule has 0 aromatic heterocycles. The fraction of sp³-hybridized carbons (Fsp3) is 0.308. The third-order valence-electron chi connectivity index (χ3n) is 5.99. The predicted molar refractivity (Wildman–Crippen MR) is 135 cm³/mol. The predicted octanol–water partition coefficient (Wildman–Crippen LogP) is 7.13. The van der Waals surface area contributed by atoms with Crippen molar-refractivity contribution in [1.29, 1.82) is 0 Å². The standard InChI is InChI=1S/C26H26ClFN2O2S/c1-5-10-30-22-13-20(27)18(11-19(22)16(2)14-26(30,3)4)12-23-24(31)29(25(32)33-23)15-17-8-6-7-9-21(17)28/h6-9,11-14H,5,10,15H2,1-4H3/b23-12+. The van der Waals surface area contributed by atoms with E-state index in [1.807, 2.05) is 12.1 Å². The Morgan fingerprint density at radius 2 is 1.91 bits per heavy atom. The number of benzene rings is 2. The van der Waals surface area contributed by atoms with Crippen LogP contribution in [-0.2, 0) is 11.3 Å². The normalized spacial score (nSPS) is 18.7. The maximum absolute atomic E-state index is 14.0. The summed E-state index contributed by atoms with van der Waals surface area (Å²) in [6.45, 7) is 9.38. The zero-order valence-corrected chi connectivity index (χ0v) is 20.7. The summed E-state index contributed by atoms with van der Waals surface area (Å²) in [6, 6.07) is 10.1. The molecule has 4 nitrogen and oxygen atoms in total. The second-order valence-corrected chi connectivity index (χ2v) is 10.3. The number of anilines is 1. The van der Waals surface area contributed by atoms with Gasteiger partial charge in [-0.05, 0) is 74.4 Å². The first-order valence-electron chi connectivity index (χ1n) is 10.9. The van der Waals surface area contributed by atoms with Crippen molar-refractivity contribution in [3.05, 3.63) is 74.9 Å². The third kappa shape index (κ3) is 4.46. The van der Waals surface area contributed by atoms with Crippen molar-refractivity contribution in [3.8, 4) is 0 Å². The number of thioether (sulfide) groups is 1. The van der Waals surface area contributed by atoms with E-state index in [1.54, 1.807) is 24.3 Å². The molecule has 2 amide bonds. The molecular formula is C26H26ClFN2O2S. The molecule has 0 spiro atoms. The smallest absolute Gasteiger partial charge is 0.293 e. The number of carbonyl (C=O) groups excluding carboxylic acids is 2. The first kappa shape index (κ1) is 23.6. The van der Waals surface area contributed by atoms with Gasteiger partial charge in [-0.2, -0.15) is 0 Å². The zero-order valence-electron chi connectivity index (χ0n) is 19.1. The molecule has 172 valence electrons. The van der Waals surface area contributed by atoms with E-state index < -0.39 is 17.0 Å². The molecule has 1 fully saturated rings. The number of hydrogen-bond donors (Lipinski definition) is 0. The molecule has 1 saturated heterocycles. The third-order valence-corrected chi connectivity index (χ3v) is 7.22. The van der Waals surface area contributed by atoms with Gasteiger partial charge in [-0.1, -0.05) is 42.8 Å². The van der Waals surface area contributed by atoms with Gasteiger partial charge in [0.15, 0.2) is 0 Å². The Labute approximate surface area is 203 Å². The van der Waals surface area contributed by atoms with E-state index in [1.165, 1.54) is 6.07 Å². The molecule has 0 N–H and O–H groups in total. The molecule has 0 unspecified atom stereocenters. The second kappa shape index (κ2) is 8.99. The summed E-state index contributed by atoms with van der Waals surface area (Å²) in [5.74, 6) is -0.886. The molecule has 2 aliphatic rings. The van der Waals surface area contributed by atoms with Crippen LogP contribution in [0.25, 0.3) is 11.6 Å². The number of nitrogens with zero attached hydrogens (tertiary/aromatic N) is 2. The highest BCUT2D eigenvalue weighted by molar-refractivity contribution is 8.18. The highest BCUT2D eigenvalue weighted by atomic mass is 35.5. The van der Waals surface area contributed by atoms with Crippen LogP contribution >= 0.6 is 23.4 Å². The number of imide groups is 1. The Kier molecular flexibility index (Phi) is 6.43. The zero-order chi connectivity index (χ0) is 23.9. The molecular weight excluding hydrogens is 459 g/mol. The van der Waals surface area contributed by atoms with Gasteiger partial charge in [-0.15, -0.1) is 0 Å². The first-order valence-corrected chi connectivity index (χ1v) is 12.1. The highest BCUT2D eigenvalue weighted by Gasteiger charge is 2.36. The van der Waals surface area contributed by atoms with Crippen molar-refractivity contribution in [2.24, 2.45) is 0 Å². The lowest BCUT2D eigenvalue weighted by atomic mass is 9.87. The molecule has 2 aromatic rings. The van der Waals surface area contributed by atoms with Crippen LogP contribution in [0.5, 0.6) is 0 Å². The van der Waals surface area contributed by atoms with Crippen molar-refractivity contribution in [2.45, 2.75) is 46.2 Å². The SMILES string of the molecule is CCCN1c2cc(Cl)c(/C=C3/SC(=O)N(Cc4ccccc4F)C3=O)cc2C(C)=CC1(C)C. The van der Waals surface area contributed by atoms with Gasteiger partial charge >= 0.3 is 0 Å². The Bertz CT molecular complexity index is 1200. The Hall–Kier alpha value is -2.57. The minimum atomic E-state index is -0.444. The summed E-state index contributed by atoms with van der Waals surface area (Å²) >= 11 is 7.51. The number of amides is 2. The van der Waals surface area contributed by atoms with Crippen LogP contribution in [-0.4, -0.2) is 28.1 Å². The van der Waals surface area contributed by atoms with Crippen LogP contribution < -0.4 is 4.90 Å². The van der Waals surface area contributed by atoms with Crippen molar-refractivity contribution in [1.82, 2.24) is 4.90 Å². The number of halogens is 2. The van der Waals surface area contributed by atoms with E-state index in [4.69, 9.17) is 11.6 Å². The summed E-state index contributed by atoms with van der Waals surface area (Å²) < 4.78 is 14.0. The fourth-order valence-corrected chi connectivity index (χ4v) is 5.47. The van der Waals surface area contributed by atoms with Gasteiger partial charge < -0.3 is 4.90 Å². The van der Waals surface area contributed by atoms with Gasteiger partial charge in [0.05, 0.1) is 17.0 Å². The second-order valence-electron chi connectivity index (χ2n) is 8.88. The summed E-state index contributed by atoms with van der Waals surface area (Å²) in [5.41, 5.74) is 4.11. The van der Waals surface area contributed by atoms with Gasteiger partial charge in [-0.3, -0.25) is 14.5 Å². The van der Waals surface area contributed by atoms with Gasteiger partial charge in [0.25, 0.3) is 11.1 Å². The van der Waals surface area contributed by atoms with Crippen LogP contribution in [0.4, 0.5) is 14.9 Å². The molecule has 2 aliphatic heterocycles. The van der Waals surface area contributed by atoms with E-state index in [-0.39, 0.29) is 17.0 Å². The van der Waals surface area contributed by atoms with Crippen LogP contribution in [0.1, 0.15) is 50.8 Å². The maximum atomic E-state index is 14.0. The molecule has 0 atom stereocenters. The maximum Gasteiger partial charge on any atom is 0.293 e. The molecule has 0 bridgehead atoms. The topological polar surface area (TPSA) is 40.6 Å². The van der Waals surface area contributed by atoms with Crippen LogP contribution in [0.2, 0.25) is 5.02 Å². The Balaban J connectivity index is 1.68. The summed E-state index contributed by atoms with van der Waals surface area (Å²) in [4.78, 5) is 29.2. The van der Waals surface area contributed by atoms with E-state index in [2.05, 4.69) is 38.7 Å². The lowest BCUT2D eigenvalue weighted by Gasteiger charge is -2.43. The largest absolute Gasteiger partial charge is 0.362 e. The lowest BCUT2D eigenvalue weighted by molar-refractivity contribution is -0.123. The van der Waals surface area contributed by atoms with Gasteiger partial charge in [0, 0.05) is 28.4 Å². The molecule has 2 aromatic carbocycles. The summed E-state index contributed by atoms with van der Waals surface area (Å²) in [7, 11) is 0. The van der Waals surface area contributed by atoms with Gasteiger partial charge in [-0.25, -0.2) is 4.39 Å². The number of carbonyl (C=O) groups is 2. The molecule has 33 heavy (non-hydrogen) atoms. The molecule has 0 saturated carbocycles. The minimum absolute atomic E-state index is 0.102. The fourth-order valence-electron chi connectivity index (χ4n) is 4.43. The quantitative estimate of drug-likeness (QED) is 0.423. The molecule has 4 rings (SSSR count). The average Bonchev–Trinajstić information content (AvgIpc) is 3.00. The monoisotopic (exact) mass is 484 g/mol. The summed E-state index contributed by atoms with van der Waals surface area (Å²) in [5, 5.41) is 0.0942. The van der Waals surface area contributed by atoms with E-state index in [9.17, 15) is 14.0 Å². The molecule has 2 heterocycles. The Morgan fingerprint density at radius 3 is 2.61 bits per heavy atom. The van der Waals surface area contributed by atoms with E-state index in [0.29, 0.717) is 16.1 Å². The van der Waals surface area contributed by atoms with Crippen molar-refractivity contribution >= 4 is 51.8 Å². The van der Waals surface area contributed by atoms with Crippen LogP contribution in [0, 0.1) is 5.82 Å². The van der Waals surface area contributed by atoms with Gasteiger partial charge in [0.2, 0.25) is 0 Å². The molecule has 0 aliphatic carbocycles. The van der Waals surface area contributed by atoms with Crippen LogP contribution in [0.3, 0.4) is 0 Å². The number of allylic oxidation sites excluding steroid dienone is 1. The van der Waals surface area contributed by atoms with Crippen LogP contribution in [0.15, 0.2) is 47.4 Å². The average molecular weight is 485 g/mol. The number of fused-ring (bicyclic) bond motifs is 1. The van der Waals surface area contributed by atoms with Crippen molar-refractivity contribution in [3.63, 3.8) is 0 Å². The lowest BCUT2D eigenvalue weighted by Crippen LogP contribution is -2.45. The highest BCUT2D eigenvalue weighted by Crippen LogP contribution is 2.43. The minimum Gasteiger partial charge on any atom is -0.362 e. The molecule has 7 heteroatoms. The number of rotatable bonds is 5. The first-order chi connectivity index (χ1) is 15.6. The molecule has 0 radical (unpaired) electrons. The number of hydrogen-bond acceptors (Lipinski definition) is 4. The van der Waals surface area contributed by atoms with Gasteiger partial charge in [0.1, 0.15) is 5.82 Å². The van der Waals surface area contributed by atoms with E-state index >= 15 is 0 Å². The summed E-state index contributed by atoms with van der Waals surface area (Å²) in [6.07, 6.45) is 4.90. The van der Waals surface area contributed by atoms with Crippen molar-refractivity contribution < 1.29 is 14.0 Å².